The molecule has 152 valence electrons. The summed E-state index contributed by atoms with van der Waals surface area (Å²) in [4.78, 5) is 10.8. The Morgan fingerprint density at radius 3 is 2.38 bits per heavy atom. The van der Waals surface area contributed by atoms with Gasteiger partial charge in [0.2, 0.25) is 5.82 Å². The van der Waals surface area contributed by atoms with Gasteiger partial charge in [0.15, 0.2) is 7.95 Å². The van der Waals surface area contributed by atoms with Crippen molar-refractivity contribution in [2.45, 2.75) is 6.18 Å². The van der Waals surface area contributed by atoms with Crippen LogP contribution in [-0.4, -0.2) is 21.4 Å². The van der Waals surface area contributed by atoms with Gasteiger partial charge in [0.1, 0.15) is 6.20 Å². The molecule has 1 heterocycles. The van der Waals surface area contributed by atoms with Crippen molar-refractivity contribution in [2.24, 2.45) is 0 Å². The molecule has 0 spiro atoms. The Bertz CT molecular complexity index is 1090. The molecule has 12 heteroatoms. The normalized spacial score (nSPS) is 12.6. The van der Waals surface area contributed by atoms with E-state index in [9.17, 15) is 27.9 Å². The molecule has 0 fully saturated rings. The third-order valence-electron chi connectivity index (χ3n) is 3.97. The van der Waals surface area contributed by atoms with Gasteiger partial charge in [-0.05, 0) is 30.3 Å². The van der Waals surface area contributed by atoms with E-state index in [2.05, 4.69) is 5.10 Å². The third-order valence-corrected chi connectivity index (χ3v) is 5.37. The largest absolute Gasteiger partial charge is 0.416 e. The van der Waals surface area contributed by atoms with Gasteiger partial charge in [-0.3, -0.25) is 14.8 Å². The van der Waals surface area contributed by atoms with Crippen LogP contribution in [0.2, 0.25) is 5.02 Å². The van der Waals surface area contributed by atoms with Crippen LogP contribution in [0, 0.1) is 10.1 Å². The van der Waals surface area contributed by atoms with Gasteiger partial charge in [-0.15, -0.1) is 0 Å². The number of hydrogen-bond donors (Lipinski definition) is 0. The highest BCUT2D eigenvalue weighted by atomic mass is 35.5. The Morgan fingerprint density at radius 2 is 1.86 bits per heavy atom. The summed E-state index contributed by atoms with van der Waals surface area (Å²) in [6.07, 6.45) is -3.67. The highest BCUT2D eigenvalue weighted by molar-refractivity contribution is 7.46. The van der Waals surface area contributed by atoms with Crippen LogP contribution in [0.15, 0.2) is 54.7 Å². The van der Waals surface area contributed by atoms with Gasteiger partial charge in [0, 0.05) is 12.4 Å². The molecule has 0 amide bonds. The fourth-order valence-electron chi connectivity index (χ4n) is 2.73. The molecule has 3 rings (SSSR count). The summed E-state index contributed by atoms with van der Waals surface area (Å²) in [6.45, 7) is 1.38. The minimum absolute atomic E-state index is 0.0213. The summed E-state index contributed by atoms with van der Waals surface area (Å²) in [7, 11) is -2.58. The van der Waals surface area contributed by atoms with Gasteiger partial charge in [0.05, 0.1) is 21.2 Å². The van der Waals surface area contributed by atoms with E-state index in [1.165, 1.54) is 11.3 Å². The highest BCUT2D eigenvalue weighted by Crippen LogP contribution is 2.45. The van der Waals surface area contributed by atoms with Crippen molar-refractivity contribution in [3.63, 3.8) is 0 Å². The Morgan fingerprint density at radius 1 is 1.21 bits per heavy atom. The number of halogens is 4. The summed E-state index contributed by atoms with van der Waals surface area (Å²) >= 11 is 6.04. The number of alkyl halides is 3. The maximum Gasteiger partial charge on any atom is 0.416 e. The minimum Gasteiger partial charge on any atom is -0.303 e. The van der Waals surface area contributed by atoms with Crippen LogP contribution in [0.5, 0.6) is 0 Å². The smallest absolute Gasteiger partial charge is 0.303 e. The second-order valence-corrected chi connectivity index (χ2v) is 7.77. The lowest BCUT2D eigenvalue weighted by Gasteiger charge is -2.23. The van der Waals surface area contributed by atoms with E-state index in [1.54, 1.807) is 30.3 Å². The molecule has 0 saturated carbocycles. The predicted molar refractivity (Wildman–Crippen MR) is 104 cm³/mol. The monoisotopic (exact) mass is 444 g/mol. The predicted octanol–water partition coefficient (Wildman–Crippen LogP) is 5.70. The van der Waals surface area contributed by atoms with Crippen molar-refractivity contribution < 1.29 is 22.7 Å². The van der Waals surface area contributed by atoms with Crippen molar-refractivity contribution >= 4 is 36.7 Å². The third kappa shape index (κ3) is 4.13. The SMILES string of the molecule is C[PH](=O)N(c1ccccc1)c1c([N+](=O)[O-])cnn1-c1ccc(C(F)(F)F)cc1Cl. The van der Waals surface area contributed by atoms with E-state index >= 15 is 0 Å². The van der Waals surface area contributed by atoms with Gasteiger partial charge in [0.25, 0.3) is 0 Å². The van der Waals surface area contributed by atoms with Crippen LogP contribution >= 0.6 is 19.6 Å². The number of nitro groups is 1. The number of hydrogen-bond acceptors (Lipinski definition) is 4. The van der Waals surface area contributed by atoms with E-state index in [0.717, 1.165) is 23.0 Å². The summed E-state index contributed by atoms with van der Waals surface area (Å²) in [5, 5.41) is 15.2. The van der Waals surface area contributed by atoms with E-state index in [1.807, 2.05) is 0 Å². The Labute approximate surface area is 168 Å². The Kier molecular flexibility index (Phi) is 5.68. The second kappa shape index (κ2) is 7.88. The topological polar surface area (TPSA) is 81.3 Å². The number of rotatable bonds is 5. The first-order valence-electron chi connectivity index (χ1n) is 8.06. The van der Waals surface area contributed by atoms with Crippen LogP contribution in [0.4, 0.5) is 30.4 Å². The molecule has 7 nitrogen and oxygen atoms in total. The van der Waals surface area contributed by atoms with Crippen LogP contribution in [0.3, 0.4) is 0 Å². The lowest BCUT2D eigenvalue weighted by Crippen LogP contribution is -2.14. The zero-order valence-corrected chi connectivity index (χ0v) is 16.5. The van der Waals surface area contributed by atoms with Gasteiger partial charge >= 0.3 is 11.9 Å². The molecular formula is C17H13ClF3N4O3P. The molecule has 1 aromatic heterocycles. The average Bonchev–Trinajstić information content (AvgIpc) is 3.06. The van der Waals surface area contributed by atoms with Crippen molar-refractivity contribution in [2.75, 3.05) is 11.3 Å². The van der Waals surface area contributed by atoms with Crippen molar-refractivity contribution in [1.29, 1.82) is 0 Å². The molecule has 1 unspecified atom stereocenters. The standard InChI is InChI=1S/C17H13ClF3N4O3P/c1-29(28)24(12-5-3-2-4-6-12)16-15(25(26)27)10-22-23(16)14-8-7-11(9-13(14)18)17(19,20)21/h2-10,29H,1H3. The molecule has 3 aromatic rings. The number of para-hydroxylation sites is 1. The second-order valence-electron chi connectivity index (χ2n) is 5.88. The number of anilines is 2. The molecule has 1 atom stereocenters. The number of benzene rings is 2. The van der Waals surface area contributed by atoms with Crippen LogP contribution in [0.1, 0.15) is 5.56 Å². The molecular weight excluding hydrogens is 432 g/mol. The first-order valence-corrected chi connectivity index (χ1v) is 10.3. The van der Waals surface area contributed by atoms with Crippen LogP contribution in [-0.2, 0) is 10.7 Å². The highest BCUT2D eigenvalue weighted by Gasteiger charge is 2.33. The molecule has 0 aliphatic rings. The molecule has 0 aliphatic heterocycles. The fourth-order valence-corrected chi connectivity index (χ4v) is 4.01. The summed E-state index contributed by atoms with van der Waals surface area (Å²) in [6, 6.07) is 10.8. The fraction of sp³-hybridized carbons (Fsp3) is 0.118. The molecule has 0 saturated heterocycles. The van der Waals surface area contributed by atoms with Gasteiger partial charge in [-0.1, -0.05) is 29.8 Å². The molecule has 0 N–H and O–H groups in total. The summed E-state index contributed by atoms with van der Waals surface area (Å²) in [5.74, 6) is -0.172. The van der Waals surface area contributed by atoms with E-state index in [4.69, 9.17) is 11.6 Å². The summed E-state index contributed by atoms with van der Waals surface area (Å²) < 4.78 is 53.6. The van der Waals surface area contributed by atoms with E-state index in [-0.39, 0.29) is 16.5 Å². The van der Waals surface area contributed by atoms with Gasteiger partial charge in [-0.25, -0.2) is 4.68 Å². The quantitative estimate of drug-likeness (QED) is 0.286. The Hall–Kier alpha value is -2.84. The van der Waals surface area contributed by atoms with Gasteiger partial charge in [-0.2, -0.15) is 18.3 Å². The minimum atomic E-state index is -4.61. The molecule has 0 bridgehead atoms. The zero-order chi connectivity index (χ0) is 21.3. The van der Waals surface area contributed by atoms with Crippen molar-refractivity contribution in [3.05, 3.63) is 75.4 Å². The van der Waals surface area contributed by atoms with Crippen molar-refractivity contribution in [3.8, 4) is 5.69 Å². The molecule has 29 heavy (non-hydrogen) atoms. The van der Waals surface area contributed by atoms with E-state index in [0.29, 0.717) is 11.8 Å². The lowest BCUT2D eigenvalue weighted by molar-refractivity contribution is -0.384. The maximum atomic E-state index is 12.9. The van der Waals surface area contributed by atoms with E-state index < -0.39 is 30.3 Å². The van der Waals surface area contributed by atoms with Crippen LogP contribution in [0.25, 0.3) is 5.69 Å². The maximum absolute atomic E-state index is 12.9. The first-order chi connectivity index (χ1) is 13.6. The lowest BCUT2D eigenvalue weighted by atomic mass is 10.2. The van der Waals surface area contributed by atoms with Gasteiger partial charge < -0.3 is 4.57 Å². The molecule has 2 aromatic carbocycles. The number of nitrogens with zero attached hydrogens (tertiary/aromatic N) is 4. The summed E-state index contributed by atoms with van der Waals surface area (Å²) in [5.41, 5.74) is -1.07. The van der Waals surface area contributed by atoms with Crippen molar-refractivity contribution in [1.82, 2.24) is 9.78 Å². The Balaban J connectivity index is 2.25. The molecule has 0 aliphatic carbocycles. The first kappa shape index (κ1) is 20.9. The number of aromatic nitrogens is 2. The molecule has 0 radical (unpaired) electrons. The average molecular weight is 445 g/mol. The van der Waals surface area contributed by atoms with Crippen LogP contribution < -0.4 is 4.67 Å². The zero-order valence-electron chi connectivity index (χ0n) is 14.7.